The maximum absolute atomic E-state index is 5.41. The van der Waals surface area contributed by atoms with Gasteiger partial charge in [-0.2, -0.15) is 0 Å². The molecule has 0 aromatic carbocycles. The SMILES string of the molecule is CC(C)CN=C(NCCc1ccco1)NC1CCN(Cc2ccccn2)CC1.I. The molecule has 1 saturated heterocycles. The van der Waals surface area contributed by atoms with Gasteiger partial charge in [-0.25, -0.2) is 0 Å². The Morgan fingerprint density at radius 2 is 2.07 bits per heavy atom. The van der Waals surface area contributed by atoms with Crippen LogP contribution in [0.15, 0.2) is 52.2 Å². The summed E-state index contributed by atoms with van der Waals surface area (Å²) in [7, 11) is 0. The molecule has 6 nitrogen and oxygen atoms in total. The molecule has 1 aliphatic rings. The minimum atomic E-state index is 0. The summed E-state index contributed by atoms with van der Waals surface area (Å²) in [6, 6.07) is 10.5. The van der Waals surface area contributed by atoms with E-state index in [0.717, 1.165) is 69.4 Å². The Kier molecular flexibility index (Phi) is 10.5. The van der Waals surface area contributed by atoms with Crippen LogP contribution in [-0.4, -0.2) is 48.1 Å². The van der Waals surface area contributed by atoms with Crippen molar-refractivity contribution in [2.75, 3.05) is 26.2 Å². The summed E-state index contributed by atoms with van der Waals surface area (Å²) in [5, 5.41) is 7.11. The van der Waals surface area contributed by atoms with Crippen molar-refractivity contribution in [3.8, 4) is 0 Å². The Bertz CT molecular complexity index is 697. The van der Waals surface area contributed by atoms with Crippen molar-refractivity contribution in [1.82, 2.24) is 20.5 Å². The van der Waals surface area contributed by atoms with Crippen LogP contribution in [0.5, 0.6) is 0 Å². The van der Waals surface area contributed by atoms with E-state index in [1.807, 2.05) is 24.4 Å². The van der Waals surface area contributed by atoms with E-state index in [1.54, 1.807) is 6.26 Å². The highest BCUT2D eigenvalue weighted by Gasteiger charge is 2.20. The third kappa shape index (κ3) is 8.74. The van der Waals surface area contributed by atoms with Crippen molar-refractivity contribution in [2.24, 2.45) is 10.9 Å². The number of rotatable bonds is 8. The second-order valence-electron chi connectivity index (χ2n) is 7.86. The summed E-state index contributed by atoms with van der Waals surface area (Å²) in [5.41, 5.74) is 1.15. The lowest BCUT2D eigenvalue weighted by atomic mass is 10.0. The number of hydrogen-bond acceptors (Lipinski definition) is 4. The van der Waals surface area contributed by atoms with Crippen LogP contribution in [0.3, 0.4) is 0 Å². The number of furan rings is 1. The van der Waals surface area contributed by atoms with E-state index in [-0.39, 0.29) is 24.0 Å². The number of nitrogens with zero attached hydrogens (tertiary/aromatic N) is 3. The topological polar surface area (TPSA) is 65.7 Å². The summed E-state index contributed by atoms with van der Waals surface area (Å²) in [6.07, 6.45) is 6.69. The van der Waals surface area contributed by atoms with E-state index in [1.165, 1.54) is 0 Å². The lowest BCUT2D eigenvalue weighted by Gasteiger charge is -2.33. The van der Waals surface area contributed by atoms with E-state index in [0.29, 0.717) is 12.0 Å². The molecule has 0 aliphatic carbocycles. The fraction of sp³-hybridized carbons (Fsp3) is 0.545. The highest BCUT2D eigenvalue weighted by atomic mass is 127. The normalized spacial score (nSPS) is 15.9. The lowest BCUT2D eigenvalue weighted by molar-refractivity contribution is 0.196. The Morgan fingerprint density at radius 3 is 2.72 bits per heavy atom. The first-order valence-electron chi connectivity index (χ1n) is 10.4. The van der Waals surface area contributed by atoms with Crippen molar-refractivity contribution in [3.05, 3.63) is 54.2 Å². The molecule has 0 unspecified atom stereocenters. The van der Waals surface area contributed by atoms with E-state index >= 15 is 0 Å². The number of aromatic nitrogens is 1. The molecule has 29 heavy (non-hydrogen) atoms. The lowest BCUT2D eigenvalue weighted by Crippen LogP contribution is -2.49. The van der Waals surface area contributed by atoms with Crippen LogP contribution in [0.25, 0.3) is 0 Å². The van der Waals surface area contributed by atoms with Gasteiger partial charge in [0.25, 0.3) is 0 Å². The average molecular weight is 511 g/mol. The number of nitrogens with one attached hydrogen (secondary N) is 2. The third-order valence-corrected chi connectivity index (χ3v) is 4.90. The largest absolute Gasteiger partial charge is 0.469 e. The van der Waals surface area contributed by atoms with Crippen LogP contribution >= 0.6 is 24.0 Å². The zero-order valence-electron chi connectivity index (χ0n) is 17.5. The molecule has 1 fully saturated rings. The predicted octanol–water partition coefficient (Wildman–Crippen LogP) is 3.69. The van der Waals surface area contributed by atoms with Crippen molar-refractivity contribution < 1.29 is 4.42 Å². The highest BCUT2D eigenvalue weighted by molar-refractivity contribution is 14.0. The highest BCUT2D eigenvalue weighted by Crippen LogP contribution is 2.13. The van der Waals surface area contributed by atoms with Gasteiger partial charge < -0.3 is 15.1 Å². The Balaban J connectivity index is 0.00000300. The fourth-order valence-corrected chi connectivity index (χ4v) is 3.33. The minimum absolute atomic E-state index is 0. The molecule has 2 aromatic heterocycles. The maximum atomic E-state index is 5.41. The number of pyridine rings is 1. The second kappa shape index (κ2) is 12.8. The average Bonchev–Trinajstić information content (AvgIpc) is 3.22. The smallest absolute Gasteiger partial charge is 0.191 e. The zero-order valence-corrected chi connectivity index (χ0v) is 19.8. The van der Waals surface area contributed by atoms with Crippen molar-refractivity contribution in [3.63, 3.8) is 0 Å². The molecule has 2 N–H and O–H groups in total. The Hall–Kier alpha value is -1.61. The van der Waals surface area contributed by atoms with Crippen LogP contribution in [-0.2, 0) is 13.0 Å². The Morgan fingerprint density at radius 1 is 1.24 bits per heavy atom. The van der Waals surface area contributed by atoms with Gasteiger partial charge in [0.2, 0.25) is 0 Å². The van der Waals surface area contributed by atoms with Crippen LogP contribution in [0.4, 0.5) is 0 Å². The summed E-state index contributed by atoms with van der Waals surface area (Å²) < 4.78 is 5.41. The molecular weight excluding hydrogens is 477 g/mol. The monoisotopic (exact) mass is 511 g/mol. The van der Waals surface area contributed by atoms with Gasteiger partial charge in [-0.05, 0) is 43.0 Å². The van der Waals surface area contributed by atoms with E-state index < -0.39 is 0 Å². The van der Waals surface area contributed by atoms with Crippen molar-refractivity contribution in [2.45, 2.75) is 45.7 Å². The molecule has 2 aromatic rings. The van der Waals surface area contributed by atoms with Crippen LogP contribution in [0.2, 0.25) is 0 Å². The summed E-state index contributed by atoms with van der Waals surface area (Å²) >= 11 is 0. The van der Waals surface area contributed by atoms with Gasteiger partial charge in [0, 0.05) is 51.4 Å². The van der Waals surface area contributed by atoms with Gasteiger partial charge in [0.1, 0.15) is 5.76 Å². The molecule has 3 rings (SSSR count). The molecule has 3 heterocycles. The minimum Gasteiger partial charge on any atom is -0.469 e. The summed E-state index contributed by atoms with van der Waals surface area (Å²) in [6.45, 7) is 9.13. The molecule has 0 atom stereocenters. The first-order chi connectivity index (χ1) is 13.7. The number of piperidine rings is 1. The molecule has 0 bridgehead atoms. The quantitative estimate of drug-likeness (QED) is 0.322. The molecule has 0 saturated carbocycles. The number of hydrogen-bond donors (Lipinski definition) is 2. The summed E-state index contributed by atoms with van der Waals surface area (Å²) in [5.74, 6) is 2.46. The van der Waals surface area contributed by atoms with Gasteiger partial charge in [-0.15, -0.1) is 24.0 Å². The summed E-state index contributed by atoms with van der Waals surface area (Å²) in [4.78, 5) is 11.7. The van der Waals surface area contributed by atoms with E-state index in [9.17, 15) is 0 Å². The van der Waals surface area contributed by atoms with Crippen molar-refractivity contribution >= 4 is 29.9 Å². The number of likely N-dealkylation sites (tertiary alicyclic amines) is 1. The molecule has 0 spiro atoms. The molecule has 160 valence electrons. The standard InChI is InChI=1S/C22H33N5O.HI/c1-18(2)16-25-22(24-12-8-21-7-5-15-28-21)26-19-9-13-27(14-10-19)17-20-6-3-4-11-23-20;/h3-7,11,15,18-19H,8-10,12-14,16-17H2,1-2H3,(H2,24,25,26);1H. The number of guanidine groups is 1. The van der Waals surface area contributed by atoms with Crippen molar-refractivity contribution in [1.29, 1.82) is 0 Å². The zero-order chi connectivity index (χ0) is 19.6. The first kappa shape index (κ1) is 23.7. The van der Waals surface area contributed by atoms with E-state index in [2.05, 4.69) is 46.5 Å². The molecule has 0 amide bonds. The van der Waals surface area contributed by atoms with Gasteiger partial charge in [-0.1, -0.05) is 19.9 Å². The molecule has 1 aliphatic heterocycles. The second-order valence-corrected chi connectivity index (χ2v) is 7.86. The fourth-order valence-electron chi connectivity index (χ4n) is 3.33. The number of halogens is 1. The first-order valence-corrected chi connectivity index (χ1v) is 10.4. The van der Waals surface area contributed by atoms with Gasteiger partial charge >= 0.3 is 0 Å². The molecule has 0 radical (unpaired) electrons. The van der Waals surface area contributed by atoms with Gasteiger partial charge in [-0.3, -0.25) is 14.9 Å². The maximum Gasteiger partial charge on any atom is 0.191 e. The van der Waals surface area contributed by atoms with Crippen LogP contribution in [0, 0.1) is 5.92 Å². The van der Waals surface area contributed by atoms with Crippen LogP contribution in [0.1, 0.15) is 38.1 Å². The number of aliphatic imine (C=N–C) groups is 1. The van der Waals surface area contributed by atoms with Gasteiger partial charge in [0.15, 0.2) is 5.96 Å². The predicted molar refractivity (Wildman–Crippen MR) is 129 cm³/mol. The third-order valence-electron chi connectivity index (χ3n) is 4.90. The van der Waals surface area contributed by atoms with Crippen LogP contribution < -0.4 is 10.6 Å². The molecular formula is C22H34IN5O. The Labute approximate surface area is 191 Å². The van der Waals surface area contributed by atoms with E-state index in [4.69, 9.17) is 9.41 Å². The molecule has 7 heteroatoms. The van der Waals surface area contributed by atoms with Gasteiger partial charge in [0.05, 0.1) is 12.0 Å².